The van der Waals surface area contributed by atoms with E-state index in [0.29, 0.717) is 6.61 Å². The van der Waals surface area contributed by atoms with Gasteiger partial charge in [0.1, 0.15) is 18.2 Å². The molecule has 0 saturated carbocycles. The van der Waals surface area contributed by atoms with Gasteiger partial charge in [-0.2, -0.15) is 0 Å². The Kier molecular flexibility index (Phi) is 4.16. The Balaban J connectivity index is 1.67. The number of ether oxygens (including phenoxy) is 1. The predicted octanol–water partition coefficient (Wildman–Crippen LogP) is 4.83. The van der Waals surface area contributed by atoms with Crippen LogP contribution in [-0.2, 0) is 11.2 Å². The molecule has 2 aliphatic rings. The molecule has 2 aromatic carbocycles. The van der Waals surface area contributed by atoms with E-state index in [1.54, 1.807) is 0 Å². The SMILES string of the molecule is CC1(C)COC(C2(Cc3ccccc3)[C@H](c3ccccn3)N2c2ccccc2)=N1. The molecular weight excluding hydrogens is 358 g/mol. The number of pyridine rings is 1. The van der Waals surface area contributed by atoms with Crippen LogP contribution in [0.1, 0.15) is 31.1 Å². The quantitative estimate of drug-likeness (QED) is 0.592. The second kappa shape index (κ2) is 6.73. The molecule has 4 nitrogen and oxygen atoms in total. The summed E-state index contributed by atoms with van der Waals surface area (Å²) in [4.78, 5) is 12.2. The molecule has 1 aromatic heterocycles. The molecule has 146 valence electrons. The van der Waals surface area contributed by atoms with E-state index in [1.165, 1.54) is 5.56 Å². The maximum absolute atomic E-state index is 6.25. The zero-order valence-corrected chi connectivity index (χ0v) is 16.8. The summed E-state index contributed by atoms with van der Waals surface area (Å²) in [5, 5.41) is 0. The van der Waals surface area contributed by atoms with Crippen LogP contribution in [0.15, 0.2) is 90.1 Å². The summed E-state index contributed by atoms with van der Waals surface area (Å²) < 4.78 is 6.25. The minimum Gasteiger partial charge on any atom is -0.477 e. The van der Waals surface area contributed by atoms with Crippen molar-refractivity contribution < 1.29 is 4.74 Å². The Morgan fingerprint density at radius 3 is 2.24 bits per heavy atom. The zero-order valence-electron chi connectivity index (χ0n) is 16.8. The Morgan fingerprint density at radius 2 is 1.62 bits per heavy atom. The standard InChI is InChI=1S/C25H25N3O/c1-24(2)18-29-23(27-24)25(17-19-11-5-3-6-12-19)22(21-15-9-10-16-26-21)28(25)20-13-7-4-8-14-20/h3-16,22H,17-18H2,1-2H3/t22-,25?,28?/m0/s1. The third-order valence-electron chi connectivity index (χ3n) is 5.73. The Labute approximate surface area is 171 Å². The molecule has 3 aromatic rings. The van der Waals surface area contributed by atoms with Gasteiger partial charge in [-0.15, -0.1) is 0 Å². The Hall–Kier alpha value is -3.14. The molecule has 4 heteroatoms. The lowest BCUT2D eigenvalue weighted by molar-refractivity contribution is 0.268. The van der Waals surface area contributed by atoms with Crippen molar-refractivity contribution in [1.82, 2.24) is 4.98 Å². The van der Waals surface area contributed by atoms with Crippen LogP contribution in [0.4, 0.5) is 5.69 Å². The first-order valence-corrected chi connectivity index (χ1v) is 10.1. The smallest absolute Gasteiger partial charge is 0.213 e. The highest BCUT2D eigenvalue weighted by Gasteiger charge is 2.69. The molecule has 0 bridgehead atoms. The van der Waals surface area contributed by atoms with Gasteiger partial charge in [0, 0.05) is 18.3 Å². The number of hydrogen-bond donors (Lipinski definition) is 0. The van der Waals surface area contributed by atoms with Crippen LogP contribution in [0, 0.1) is 0 Å². The maximum atomic E-state index is 6.25. The van der Waals surface area contributed by atoms with E-state index in [2.05, 4.69) is 85.5 Å². The third kappa shape index (κ3) is 3.09. The molecule has 1 unspecified atom stereocenters. The van der Waals surface area contributed by atoms with E-state index in [9.17, 15) is 0 Å². The fourth-order valence-corrected chi connectivity index (χ4v) is 4.41. The molecule has 29 heavy (non-hydrogen) atoms. The molecule has 2 aliphatic heterocycles. The number of aromatic nitrogens is 1. The highest BCUT2D eigenvalue weighted by atomic mass is 16.5. The van der Waals surface area contributed by atoms with Gasteiger partial charge in [0.05, 0.1) is 11.2 Å². The van der Waals surface area contributed by atoms with Gasteiger partial charge >= 0.3 is 0 Å². The lowest BCUT2D eigenvalue weighted by Gasteiger charge is -2.18. The van der Waals surface area contributed by atoms with Gasteiger partial charge in [-0.1, -0.05) is 54.6 Å². The topological polar surface area (TPSA) is 37.5 Å². The number of aliphatic imine (C=N–C) groups is 1. The van der Waals surface area contributed by atoms with Gasteiger partial charge in [-0.25, -0.2) is 4.99 Å². The molecule has 0 radical (unpaired) electrons. The van der Waals surface area contributed by atoms with Gasteiger partial charge in [-0.3, -0.25) is 4.98 Å². The maximum Gasteiger partial charge on any atom is 0.213 e. The van der Waals surface area contributed by atoms with E-state index in [-0.39, 0.29) is 17.1 Å². The van der Waals surface area contributed by atoms with E-state index < -0.39 is 0 Å². The summed E-state index contributed by atoms with van der Waals surface area (Å²) in [7, 11) is 0. The first-order valence-electron chi connectivity index (χ1n) is 10.1. The van der Waals surface area contributed by atoms with E-state index in [4.69, 9.17) is 14.7 Å². The van der Waals surface area contributed by atoms with E-state index in [1.807, 2.05) is 18.3 Å². The molecule has 1 fully saturated rings. The van der Waals surface area contributed by atoms with Gasteiger partial charge < -0.3 is 9.64 Å². The van der Waals surface area contributed by atoms with Gasteiger partial charge in [-0.05, 0) is 43.7 Å². The number of benzene rings is 2. The van der Waals surface area contributed by atoms with Crippen molar-refractivity contribution in [2.75, 3.05) is 11.5 Å². The molecule has 0 spiro atoms. The van der Waals surface area contributed by atoms with Crippen LogP contribution in [0.25, 0.3) is 0 Å². The highest BCUT2D eigenvalue weighted by molar-refractivity contribution is 5.99. The van der Waals surface area contributed by atoms with Crippen LogP contribution < -0.4 is 4.90 Å². The highest BCUT2D eigenvalue weighted by Crippen LogP contribution is 2.58. The molecule has 2 atom stereocenters. The minimum atomic E-state index is -0.370. The van der Waals surface area contributed by atoms with E-state index in [0.717, 1.165) is 23.7 Å². The zero-order chi connectivity index (χ0) is 19.9. The molecule has 1 saturated heterocycles. The van der Waals surface area contributed by atoms with Gasteiger partial charge in [0.15, 0.2) is 0 Å². The molecule has 0 N–H and O–H groups in total. The summed E-state index contributed by atoms with van der Waals surface area (Å²) in [5.74, 6) is 0.825. The lowest BCUT2D eigenvalue weighted by atomic mass is 9.93. The first-order chi connectivity index (χ1) is 14.1. The van der Waals surface area contributed by atoms with Crippen molar-refractivity contribution in [3.8, 4) is 0 Å². The fourth-order valence-electron chi connectivity index (χ4n) is 4.41. The number of para-hydroxylation sites is 1. The number of hydrogen-bond acceptors (Lipinski definition) is 4. The van der Waals surface area contributed by atoms with Crippen LogP contribution >= 0.6 is 0 Å². The minimum absolute atomic E-state index is 0.0824. The Morgan fingerprint density at radius 1 is 0.931 bits per heavy atom. The molecule has 0 amide bonds. The van der Waals surface area contributed by atoms with Crippen LogP contribution in [0.2, 0.25) is 0 Å². The van der Waals surface area contributed by atoms with Crippen molar-refractivity contribution in [3.63, 3.8) is 0 Å². The molecular formula is C25H25N3O. The summed E-state index contributed by atoms with van der Waals surface area (Å²) in [6.45, 7) is 4.86. The van der Waals surface area contributed by atoms with Crippen LogP contribution in [-0.4, -0.2) is 28.6 Å². The van der Waals surface area contributed by atoms with Crippen molar-refractivity contribution in [3.05, 3.63) is 96.3 Å². The Bertz CT molecular complexity index is 970. The third-order valence-corrected chi connectivity index (χ3v) is 5.73. The molecule has 0 aliphatic carbocycles. The van der Waals surface area contributed by atoms with Crippen LogP contribution in [0.3, 0.4) is 0 Å². The summed E-state index contributed by atoms with van der Waals surface area (Å²) >= 11 is 0. The first kappa shape index (κ1) is 17.9. The van der Waals surface area contributed by atoms with Crippen molar-refractivity contribution in [1.29, 1.82) is 0 Å². The molecule has 3 heterocycles. The summed E-state index contributed by atoms with van der Waals surface area (Å²) in [6.07, 6.45) is 2.68. The monoisotopic (exact) mass is 383 g/mol. The number of anilines is 1. The second-order valence-corrected chi connectivity index (χ2v) is 8.47. The lowest BCUT2D eigenvalue weighted by Crippen LogP contribution is -2.33. The normalized spacial score (nSPS) is 24.7. The average Bonchev–Trinajstić information content (AvgIpc) is 3.27. The summed E-state index contributed by atoms with van der Waals surface area (Å²) in [6, 6.07) is 27.3. The average molecular weight is 383 g/mol. The number of nitrogens with zero attached hydrogens (tertiary/aromatic N) is 3. The van der Waals surface area contributed by atoms with Gasteiger partial charge in [0.25, 0.3) is 0 Å². The molecule has 5 rings (SSSR count). The van der Waals surface area contributed by atoms with Crippen molar-refractivity contribution in [2.45, 2.75) is 37.4 Å². The fraction of sp³-hybridized carbons (Fsp3) is 0.280. The van der Waals surface area contributed by atoms with Crippen LogP contribution in [0.5, 0.6) is 0 Å². The predicted molar refractivity (Wildman–Crippen MR) is 116 cm³/mol. The van der Waals surface area contributed by atoms with Gasteiger partial charge in [0.2, 0.25) is 5.90 Å². The second-order valence-electron chi connectivity index (χ2n) is 8.47. The summed E-state index contributed by atoms with van der Waals surface area (Å²) in [5.41, 5.74) is 2.89. The number of rotatable bonds is 5. The van der Waals surface area contributed by atoms with Crippen molar-refractivity contribution in [2.24, 2.45) is 4.99 Å². The largest absolute Gasteiger partial charge is 0.477 e. The van der Waals surface area contributed by atoms with E-state index >= 15 is 0 Å². The van der Waals surface area contributed by atoms with Crippen molar-refractivity contribution >= 4 is 11.6 Å².